The lowest BCUT2D eigenvalue weighted by Crippen LogP contribution is -2.35. The third-order valence-electron chi connectivity index (χ3n) is 1.04. The summed E-state index contributed by atoms with van der Waals surface area (Å²) in [6, 6.07) is 0. The number of rotatable bonds is 3. The van der Waals surface area contributed by atoms with Gasteiger partial charge in [0.2, 0.25) is 0 Å². The Labute approximate surface area is 65.0 Å². The SMILES string of the molecule is CN(C)CCNC(=O)C(=O)O. The number of carbonyl (C=O) groups excluding carboxylic acids is 1. The first-order valence-electron chi connectivity index (χ1n) is 3.20. The van der Waals surface area contributed by atoms with Gasteiger partial charge >= 0.3 is 11.9 Å². The number of amides is 1. The maximum absolute atomic E-state index is 10.4. The van der Waals surface area contributed by atoms with Crippen molar-refractivity contribution in [2.24, 2.45) is 0 Å². The zero-order chi connectivity index (χ0) is 8.85. The van der Waals surface area contributed by atoms with Crippen molar-refractivity contribution in [3.05, 3.63) is 0 Å². The van der Waals surface area contributed by atoms with Gasteiger partial charge in [-0.25, -0.2) is 4.79 Å². The average molecular weight is 160 g/mol. The molecule has 2 N–H and O–H groups in total. The molecule has 0 aromatic heterocycles. The molecule has 5 heteroatoms. The molecule has 0 fully saturated rings. The molecule has 64 valence electrons. The highest BCUT2D eigenvalue weighted by atomic mass is 16.4. The summed E-state index contributed by atoms with van der Waals surface area (Å²) < 4.78 is 0. The van der Waals surface area contributed by atoms with E-state index in [0.29, 0.717) is 13.1 Å². The zero-order valence-electron chi connectivity index (χ0n) is 6.63. The molecular formula is C6H12N2O3. The maximum Gasteiger partial charge on any atom is 0.394 e. The van der Waals surface area contributed by atoms with Crippen molar-refractivity contribution in [2.45, 2.75) is 0 Å². The number of hydrogen-bond acceptors (Lipinski definition) is 3. The largest absolute Gasteiger partial charge is 0.474 e. The molecule has 0 radical (unpaired) electrons. The standard InChI is InChI=1S/C6H12N2O3/c1-8(2)4-3-7-5(9)6(10)11/h3-4H2,1-2H3,(H,7,9)(H,10,11). The average Bonchev–Trinajstić information content (AvgIpc) is 1.86. The van der Waals surface area contributed by atoms with E-state index in [-0.39, 0.29) is 0 Å². The molecule has 0 heterocycles. The first kappa shape index (κ1) is 9.90. The quantitative estimate of drug-likeness (QED) is 0.506. The molecule has 0 saturated carbocycles. The van der Waals surface area contributed by atoms with E-state index in [1.165, 1.54) is 0 Å². The second-order valence-corrected chi connectivity index (χ2v) is 2.36. The van der Waals surface area contributed by atoms with E-state index < -0.39 is 11.9 Å². The summed E-state index contributed by atoms with van der Waals surface area (Å²) in [5.74, 6) is -2.39. The minimum atomic E-state index is -1.44. The predicted octanol–water partition coefficient (Wildman–Crippen LogP) is -1.25. The topological polar surface area (TPSA) is 69.6 Å². The number of carboxylic acids is 1. The van der Waals surface area contributed by atoms with Crippen LogP contribution in [-0.4, -0.2) is 49.1 Å². The third-order valence-corrected chi connectivity index (χ3v) is 1.04. The molecule has 0 atom stereocenters. The lowest BCUT2D eigenvalue weighted by atomic mass is 10.5. The van der Waals surface area contributed by atoms with Crippen LogP contribution in [0.2, 0.25) is 0 Å². The smallest absolute Gasteiger partial charge is 0.394 e. The summed E-state index contributed by atoms with van der Waals surface area (Å²) in [5, 5.41) is 10.4. The molecule has 0 aliphatic carbocycles. The van der Waals surface area contributed by atoms with Crippen LogP contribution >= 0.6 is 0 Å². The Morgan fingerprint density at radius 1 is 1.45 bits per heavy atom. The Morgan fingerprint density at radius 2 is 2.00 bits per heavy atom. The summed E-state index contributed by atoms with van der Waals surface area (Å²) in [6.45, 7) is 0.997. The fraction of sp³-hybridized carbons (Fsp3) is 0.667. The summed E-state index contributed by atoms with van der Waals surface area (Å²) in [5.41, 5.74) is 0. The van der Waals surface area contributed by atoms with Crippen molar-refractivity contribution >= 4 is 11.9 Å². The van der Waals surface area contributed by atoms with E-state index >= 15 is 0 Å². The van der Waals surface area contributed by atoms with Gasteiger partial charge in [0, 0.05) is 13.1 Å². The van der Waals surface area contributed by atoms with Gasteiger partial charge in [0.05, 0.1) is 0 Å². The van der Waals surface area contributed by atoms with E-state index in [4.69, 9.17) is 5.11 Å². The van der Waals surface area contributed by atoms with Crippen molar-refractivity contribution in [3.63, 3.8) is 0 Å². The molecule has 5 nitrogen and oxygen atoms in total. The number of likely N-dealkylation sites (N-methyl/N-ethyl adjacent to an activating group) is 1. The van der Waals surface area contributed by atoms with Crippen LogP contribution < -0.4 is 5.32 Å². The number of aliphatic carboxylic acids is 1. The van der Waals surface area contributed by atoms with Crippen LogP contribution in [0.3, 0.4) is 0 Å². The molecule has 0 rings (SSSR count). The van der Waals surface area contributed by atoms with E-state index in [1.54, 1.807) is 0 Å². The van der Waals surface area contributed by atoms with Gasteiger partial charge in [-0.2, -0.15) is 0 Å². The molecule has 0 saturated heterocycles. The molecule has 0 unspecified atom stereocenters. The normalized spacial score (nSPS) is 9.73. The van der Waals surface area contributed by atoms with E-state index in [2.05, 4.69) is 5.32 Å². The van der Waals surface area contributed by atoms with Gasteiger partial charge in [0.1, 0.15) is 0 Å². The van der Waals surface area contributed by atoms with Crippen LogP contribution in [0.5, 0.6) is 0 Å². The molecular weight excluding hydrogens is 148 g/mol. The third kappa shape index (κ3) is 5.35. The lowest BCUT2D eigenvalue weighted by molar-refractivity contribution is -0.150. The highest BCUT2D eigenvalue weighted by molar-refractivity contribution is 6.31. The molecule has 1 amide bonds. The van der Waals surface area contributed by atoms with Gasteiger partial charge in [0.15, 0.2) is 0 Å². The minimum Gasteiger partial charge on any atom is -0.474 e. The molecule has 0 aromatic rings. The van der Waals surface area contributed by atoms with Crippen molar-refractivity contribution in [1.82, 2.24) is 10.2 Å². The van der Waals surface area contributed by atoms with Crippen LogP contribution in [0.25, 0.3) is 0 Å². The van der Waals surface area contributed by atoms with Gasteiger partial charge in [0.25, 0.3) is 0 Å². The van der Waals surface area contributed by atoms with Crippen molar-refractivity contribution < 1.29 is 14.7 Å². The number of carboxylic acid groups (broad SMARTS) is 1. The van der Waals surface area contributed by atoms with Crippen molar-refractivity contribution in [1.29, 1.82) is 0 Å². The second-order valence-electron chi connectivity index (χ2n) is 2.36. The summed E-state index contributed by atoms with van der Waals surface area (Å²) in [6.07, 6.45) is 0. The maximum atomic E-state index is 10.4. The zero-order valence-corrected chi connectivity index (χ0v) is 6.63. The number of carbonyl (C=O) groups is 2. The monoisotopic (exact) mass is 160 g/mol. The molecule has 0 aromatic carbocycles. The summed E-state index contributed by atoms with van der Waals surface area (Å²) in [7, 11) is 3.68. The van der Waals surface area contributed by atoms with Crippen LogP contribution in [-0.2, 0) is 9.59 Å². The Balaban J connectivity index is 3.40. The minimum absolute atomic E-state index is 0.359. The molecule has 0 aliphatic heterocycles. The molecule has 0 bridgehead atoms. The summed E-state index contributed by atoms with van der Waals surface area (Å²) in [4.78, 5) is 22.2. The Morgan fingerprint density at radius 3 is 2.36 bits per heavy atom. The lowest BCUT2D eigenvalue weighted by Gasteiger charge is -2.08. The Hall–Kier alpha value is -1.10. The van der Waals surface area contributed by atoms with E-state index in [1.807, 2.05) is 19.0 Å². The first-order chi connectivity index (χ1) is 5.04. The van der Waals surface area contributed by atoms with Gasteiger partial charge in [-0.05, 0) is 14.1 Å². The Kier molecular flexibility index (Phi) is 4.21. The molecule has 11 heavy (non-hydrogen) atoms. The summed E-state index contributed by atoms with van der Waals surface area (Å²) >= 11 is 0. The van der Waals surface area contributed by atoms with Gasteiger partial charge in [-0.1, -0.05) is 0 Å². The predicted molar refractivity (Wildman–Crippen MR) is 39.2 cm³/mol. The van der Waals surface area contributed by atoms with Crippen molar-refractivity contribution in [3.8, 4) is 0 Å². The highest BCUT2D eigenvalue weighted by Gasteiger charge is 2.08. The van der Waals surface area contributed by atoms with Gasteiger partial charge in [-0.15, -0.1) is 0 Å². The first-order valence-corrected chi connectivity index (χ1v) is 3.20. The van der Waals surface area contributed by atoms with Crippen LogP contribution in [0, 0.1) is 0 Å². The fourth-order valence-corrected chi connectivity index (χ4v) is 0.469. The second kappa shape index (κ2) is 4.68. The highest BCUT2D eigenvalue weighted by Crippen LogP contribution is 1.71. The number of hydrogen-bond donors (Lipinski definition) is 2. The van der Waals surface area contributed by atoms with Gasteiger partial charge < -0.3 is 15.3 Å². The molecule has 0 aliphatic rings. The number of nitrogens with zero attached hydrogens (tertiary/aromatic N) is 1. The van der Waals surface area contributed by atoms with Crippen LogP contribution in [0.4, 0.5) is 0 Å². The van der Waals surface area contributed by atoms with Crippen LogP contribution in [0.15, 0.2) is 0 Å². The Bertz CT molecular complexity index is 156. The van der Waals surface area contributed by atoms with Crippen LogP contribution in [0.1, 0.15) is 0 Å². The fourth-order valence-electron chi connectivity index (χ4n) is 0.469. The van der Waals surface area contributed by atoms with Gasteiger partial charge in [-0.3, -0.25) is 4.79 Å². The molecule has 0 spiro atoms. The van der Waals surface area contributed by atoms with E-state index in [0.717, 1.165) is 0 Å². The number of nitrogens with one attached hydrogen (secondary N) is 1. The van der Waals surface area contributed by atoms with E-state index in [9.17, 15) is 9.59 Å². The van der Waals surface area contributed by atoms with Crippen molar-refractivity contribution in [2.75, 3.05) is 27.2 Å².